The number of rotatable bonds is 3. The fourth-order valence-corrected chi connectivity index (χ4v) is 4.83. The number of aryl methyl sites for hydroxylation is 1. The first-order chi connectivity index (χ1) is 12.7. The van der Waals surface area contributed by atoms with E-state index in [-0.39, 0.29) is 5.91 Å². The lowest BCUT2D eigenvalue weighted by Gasteiger charge is -2.33. The largest absolute Gasteiger partial charge is 0.356 e. The number of thiophene rings is 1. The molecule has 1 aliphatic rings. The van der Waals surface area contributed by atoms with Crippen LogP contribution < -0.4 is 10.2 Å². The van der Waals surface area contributed by atoms with Crippen molar-refractivity contribution in [2.75, 3.05) is 25.0 Å². The third-order valence-electron chi connectivity index (χ3n) is 4.93. The minimum atomic E-state index is -0.0168. The number of anilines is 1. The van der Waals surface area contributed by atoms with Gasteiger partial charge in [-0.05, 0) is 43.4 Å². The van der Waals surface area contributed by atoms with Crippen molar-refractivity contribution in [3.8, 4) is 0 Å². The van der Waals surface area contributed by atoms with Gasteiger partial charge in [0.1, 0.15) is 16.5 Å². The monoisotopic (exact) mass is 367 g/mol. The molecular formula is C19H21N5OS. The van der Waals surface area contributed by atoms with Crippen molar-refractivity contribution in [3.63, 3.8) is 0 Å². The van der Waals surface area contributed by atoms with E-state index in [0.717, 1.165) is 58.2 Å². The Hall–Kier alpha value is -2.54. The highest BCUT2D eigenvalue weighted by molar-refractivity contribution is 7.20. The Morgan fingerprint density at radius 3 is 2.77 bits per heavy atom. The molecule has 1 fully saturated rings. The Morgan fingerprint density at radius 2 is 2.04 bits per heavy atom. The predicted octanol–water partition coefficient (Wildman–Crippen LogP) is 3.14. The van der Waals surface area contributed by atoms with Crippen molar-refractivity contribution in [3.05, 3.63) is 46.9 Å². The fraction of sp³-hybridized carbons (Fsp3) is 0.368. The number of hydrogen-bond acceptors (Lipinski definition) is 6. The highest BCUT2D eigenvalue weighted by Crippen LogP contribution is 2.40. The zero-order valence-corrected chi connectivity index (χ0v) is 15.7. The molecule has 0 atom stereocenters. The zero-order chi connectivity index (χ0) is 18.1. The van der Waals surface area contributed by atoms with Crippen molar-refractivity contribution < 1.29 is 4.79 Å². The number of fused-ring (bicyclic) bond motifs is 1. The molecule has 0 aromatic carbocycles. The van der Waals surface area contributed by atoms with Crippen LogP contribution in [0.25, 0.3) is 10.2 Å². The van der Waals surface area contributed by atoms with Gasteiger partial charge in [0, 0.05) is 37.9 Å². The molecule has 1 aliphatic heterocycles. The van der Waals surface area contributed by atoms with Crippen LogP contribution in [0.5, 0.6) is 0 Å². The average molecular weight is 367 g/mol. The Morgan fingerprint density at radius 1 is 1.23 bits per heavy atom. The normalized spacial score (nSPS) is 15.4. The first-order valence-electron chi connectivity index (χ1n) is 8.81. The number of nitrogens with zero attached hydrogens (tertiary/aromatic N) is 4. The van der Waals surface area contributed by atoms with Crippen LogP contribution in [-0.2, 0) is 0 Å². The van der Waals surface area contributed by atoms with Crippen LogP contribution in [0.3, 0.4) is 0 Å². The molecule has 4 heterocycles. The smallest absolute Gasteiger partial charge is 0.261 e. The molecule has 1 N–H and O–H groups in total. The minimum absolute atomic E-state index is 0.0168. The van der Waals surface area contributed by atoms with E-state index in [1.54, 1.807) is 13.2 Å². The highest BCUT2D eigenvalue weighted by Gasteiger charge is 2.28. The summed E-state index contributed by atoms with van der Waals surface area (Å²) < 4.78 is 0. The summed E-state index contributed by atoms with van der Waals surface area (Å²) in [6.45, 7) is 3.76. The molecule has 3 aromatic heterocycles. The van der Waals surface area contributed by atoms with Gasteiger partial charge in [0.15, 0.2) is 0 Å². The minimum Gasteiger partial charge on any atom is -0.356 e. The second kappa shape index (κ2) is 6.99. The van der Waals surface area contributed by atoms with E-state index in [1.807, 2.05) is 25.3 Å². The summed E-state index contributed by atoms with van der Waals surface area (Å²) in [7, 11) is 1.68. The zero-order valence-electron chi connectivity index (χ0n) is 14.9. The van der Waals surface area contributed by atoms with Crippen LogP contribution in [-0.4, -0.2) is 41.0 Å². The summed E-state index contributed by atoms with van der Waals surface area (Å²) in [6, 6.07) is 6.00. The topological polar surface area (TPSA) is 71.0 Å². The Labute approximate surface area is 156 Å². The van der Waals surface area contributed by atoms with Crippen LogP contribution in [0.2, 0.25) is 0 Å². The number of hydrogen-bond donors (Lipinski definition) is 1. The van der Waals surface area contributed by atoms with Crippen LogP contribution in [0.15, 0.2) is 30.6 Å². The molecule has 6 nitrogen and oxygen atoms in total. The average Bonchev–Trinajstić information content (AvgIpc) is 3.07. The highest BCUT2D eigenvalue weighted by atomic mass is 32.1. The molecule has 1 amide bonds. The molecule has 26 heavy (non-hydrogen) atoms. The number of amides is 1. The van der Waals surface area contributed by atoms with Gasteiger partial charge in [-0.3, -0.25) is 4.79 Å². The van der Waals surface area contributed by atoms with Crippen molar-refractivity contribution in [1.29, 1.82) is 0 Å². The summed E-state index contributed by atoms with van der Waals surface area (Å²) >= 11 is 1.49. The lowest BCUT2D eigenvalue weighted by atomic mass is 9.87. The number of carbonyl (C=O) groups is 1. The summed E-state index contributed by atoms with van der Waals surface area (Å²) in [5.74, 6) is 2.12. The van der Waals surface area contributed by atoms with Gasteiger partial charge in [-0.25, -0.2) is 15.0 Å². The molecule has 1 saturated heterocycles. The molecule has 4 rings (SSSR count). The molecule has 0 radical (unpaired) electrons. The fourth-order valence-electron chi connectivity index (χ4n) is 3.66. The van der Waals surface area contributed by atoms with Crippen molar-refractivity contribution >= 4 is 33.3 Å². The van der Waals surface area contributed by atoms with Gasteiger partial charge in [0.2, 0.25) is 0 Å². The van der Waals surface area contributed by atoms with Crippen LogP contribution in [0.4, 0.5) is 5.82 Å². The van der Waals surface area contributed by atoms with E-state index in [4.69, 9.17) is 0 Å². The van der Waals surface area contributed by atoms with E-state index >= 15 is 0 Å². The Bertz CT molecular complexity index is 946. The number of aromatic nitrogens is 3. The third-order valence-corrected chi connectivity index (χ3v) is 6.05. The molecule has 3 aromatic rings. The quantitative estimate of drug-likeness (QED) is 0.770. The van der Waals surface area contributed by atoms with Gasteiger partial charge in [-0.15, -0.1) is 11.3 Å². The number of piperidine rings is 1. The van der Waals surface area contributed by atoms with Crippen LogP contribution in [0.1, 0.15) is 39.8 Å². The van der Waals surface area contributed by atoms with Crippen LogP contribution in [0, 0.1) is 6.92 Å². The van der Waals surface area contributed by atoms with Gasteiger partial charge in [0.05, 0.1) is 4.88 Å². The van der Waals surface area contributed by atoms with E-state index in [0.29, 0.717) is 5.92 Å². The van der Waals surface area contributed by atoms with E-state index < -0.39 is 0 Å². The maximum absolute atomic E-state index is 12.4. The summed E-state index contributed by atoms with van der Waals surface area (Å²) in [4.78, 5) is 29.6. The molecule has 0 aliphatic carbocycles. The standard InChI is InChI=1S/C19H21N5OS/c1-12-21-9-5-15(23-12)24-10-6-13(7-11-24)16-14-4-3-8-22-19(14)26-17(16)18(25)20-2/h3-5,8-9,13H,6-7,10-11H2,1-2H3,(H,20,25). The lowest BCUT2D eigenvalue weighted by molar-refractivity contribution is 0.0965. The van der Waals surface area contributed by atoms with Crippen LogP contribution >= 0.6 is 11.3 Å². The van der Waals surface area contributed by atoms with E-state index in [9.17, 15) is 4.79 Å². The summed E-state index contributed by atoms with van der Waals surface area (Å²) in [5, 5.41) is 3.90. The second-order valence-electron chi connectivity index (χ2n) is 6.50. The van der Waals surface area contributed by atoms with Crippen molar-refractivity contribution in [2.45, 2.75) is 25.7 Å². The SMILES string of the molecule is CNC(=O)c1sc2ncccc2c1C1CCN(c2ccnc(C)n2)CC1. The second-order valence-corrected chi connectivity index (χ2v) is 7.50. The van der Waals surface area contributed by atoms with Gasteiger partial charge < -0.3 is 10.2 Å². The maximum Gasteiger partial charge on any atom is 0.261 e. The van der Waals surface area contributed by atoms with Gasteiger partial charge in [-0.1, -0.05) is 6.07 Å². The molecule has 0 bridgehead atoms. The number of carbonyl (C=O) groups excluding carboxylic acids is 1. The summed E-state index contributed by atoms with van der Waals surface area (Å²) in [6.07, 6.45) is 5.59. The first-order valence-corrected chi connectivity index (χ1v) is 9.63. The van der Waals surface area contributed by atoms with Gasteiger partial charge in [0.25, 0.3) is 5.91 Å². The van der Waals surface area contributed by atoms with Crippen molar-refractivity contribution in [1.82, 2.24) is 20.3 Å². The maximum atomic E-state index is 12.4. The van der Waals surface area contributed by atoms with Gasteiger partial charge >= 0.3 is 0 Å². The predicted molar refractivity (Wildman–Crippen MR) is 104 cm³/mol. The molecule has 0 saturated carbocycles. The summed E-state index contributed by atoms with van der Waals surface area (Å²) in [5.41, 5.74) is 1.16. The Balaban J connectivity index is 1.62. The first kappa shape index (κ1) is 16.9. The molecule has 134 valence electrons. The lowest BCUT2D eigenvalue weighted by Crippen LogP contribution is -2.34. The molecule has 0 unspecified atom stereocenters. The molecular weight excluding hydrogens is 346 g/mol. The number of pyridine rings is 1. The Kier molecular flexibility index (Phi) is 4.55. The van der Waals surface area contributed by atoms with E-state index in [2.05, 4.69) is 31.2 Å². The van der Waals surface area contributed by atoms with E-state index in [1.165, 1.54) is 11.3 Å². The van der Waals surface area contributed by atoms with Crippen molar-refractivity contribution in [2.24, 2.45) is 0 Å². The number of nitrogens with one attached hydrogen (secondary N) is 1. The third kappa shape index (κ3) is 3.03. The molecule has 0 spiro atoms. The van der Waals surface area contributed by atoms with Gasteiger partial charge in [-0.2, -0.15) is 0 Å². The molecule has 7 heteroatoms.